The Balaban J connectivity index is 2.10. The number of benzene rings is 1. The number of hydrogen-bond donors (Lipinski definition) is 2. The Morgan fingerprint density at radius 2 is 1.84 bits per heavy atom. The van der Waals surface area contributed by atoms with Gasteiger partial charge in [-0.15, -0.1) is 0 Å². The molecule has 2 aromatic rings. The van der Waals surface area contributed by atoms with Gasteiger partial charge in [0.1, 0.15) is 0 Å². The fourth-order valence-corrected chi connectivity index (χ4v) is 2.53. The largest absolute Gasteiger partial charge is 0.339 e. The Hall–Kier alpha value is -2.89. The molecule has 0 spiro atoms. The minimum atomic E-state index is -0.365. The third-order valence-corrected chi connectivity index (χ3v) is 3.99. The number of hydrogen-bond acceptors (Lipinski definition) is 3. The van der Waals surface area contributed by atoms with Crippen molar-refractivity contribution in [3.63, 3.8) is 0 Å². The van der Waals surface area contributed by atoms with Crippen LogP contribution in [0.3, 0.4) is 0 Å². The van der Waals surface area contributed by atoms with Crippen molar-refractivity contribution in [2.75, 3.05) is 18.4 Å². The van der Waals surface area contributed by atoms with Gasteiger partial charge < -0.3 is 15.5 Å². The van der Waals surface area contributed by atoms with Crippen molar-refractivity contribution in [1.29, 1.82) is 0 Å². The number of carbonyl (C=O) groups excluding carboxylic acids is 2. The molecule has 1 heterocycles. The van der Waals surface area contributed by atoms with Crippen molar-refractivity contribution in [2.45, 2.75) is 26.8 Å². The van der Waals surface area contributed by atoms with E-state index in [-0.39, 0.29) is 18.0 Å². The van der Waals surface area contributed by atoms with Crippen LogP contribution in [0.1, 0.15) is 42.7 Å². The quantitative estimate of drug-likeness (QED) is 0.846. The topological polar surface area (TPSA) is 74.3 Å². The number of urea groups is 1. The zero-order chi connectivity index (χ0) is 18.2. The lowest BCUT2D eigenvalue weighted by Crippen LogP contribution is -2.34. The van der Waals surface area contributed by atoms with Crippen LogP contribution in [0.5, 0.6) is 0 Å². The van der Waals surface area contributed by atoms with Gasteiger partial charge in [0.05, 0.1) is 17.3 Å². The van der Waals surface area contributed by atoms with Crippen molar-refractivity contribution in [2.24, 2.45) is 0 Å². The highest BCUT2D eigenvalue weighted by Crippen LogP contribution is 2.18. The van der Waals surface area contributed by atoms with E-state index < -0.39 is 0 Å². The minimum Gasteiger partial charge on any atom is -0.339 e. The van der Waals surface area contributed by atoms with E-state index in [9.17, 15) is 9.59 Å². The molecule has 0 saturated carbocycles. The number of nitrogens with zero attached hydrogens (tertiary/aromatic N) is 2. The van der Waals surface area contributed by atoms with Crippen molar-refractivity contribution in [3.8, 4) is 0 Å². The van der Waals surface area contributed by atoms with Crippen LogP contribution in [-0.2, 0) is 0 Å². The van der Waals surface area contributed by atoms with Gasteiger partial charge in [-0.25, -0.2) is 4.79 Å². The monoisotopic (exact) mass is 340 g/mol. The van der Waals surface area contributed by atoms with Gasteiger partial charge in [-0.05, 0) is 44.5 Å². The molecule has 25 heavy (non-hydrogen) atoms. The molecular formula is C19H24N4O2. The average molecular weight is 340 g/mol. The lowest BCUT2D eigenvalue weighted by molar-refractivity contribution is 0.0774. The van der Waals surface area contributed by atoms with E-state index in [1.54, 1.807) is 41.6 Å². The highest BCUT2D eigenvalue weighted by molar-refractivity contribution is 6.03. The fraction of sp³-hybridized carbons (Fsp3) is 0.316. The predicted octanol–water partition coefficient (Wildman–Crippen LogP) is 3.45. The van der Waals surface area contributed by atoms with Gasteiger partial charge in [-0.1, -0.05) is 18.2 Å². The van der Waals surface area contributed by atoms with Crippen LogP contribution < -0.4 is 10.6 Å². The highest BCUT2D eigenvalue weighted by atomic mass is 16.2. The molecule has 1 aromatic heterocycles. The molecule has 0 radical (unpaired) electrons. The number of pyridine rings is 1. The van der Waals surface area contributed by atoms with Gasteiger partial charge in [0.15, 0.2) is 0 Å². The number of aromatic nitrogens is 1. The Bertz CT molecular complexity index is 714. The van der Waals surface area contributed by atoms with Crippen LogP contribution >= 0.6 is 0 Å². The van der Waals surface area contributed by atoms with E-state index in [4.69, 9.17) is 0 Å². The van der Waals surface area contributed by atoms with Gasteiger partial charge >= 0.3 is 6.03 Å². The standard InChI is InChI=1S/C19H24N4O2/c1-4-23(5-2)18(24)16-10-6-7-11-17(16)22-19(25)21-14(3)15-9-8-12-20-13-15/h6-14H,4-5H2,1-3H3,(H2,21,22,25)/t14-/m1/s1. The van der Waals surface area contributed by atoms with Crippen LogP contribution in [0.25, 0.3) is 0 Å². The molecule has 0 aliphatic rings. The summed E-state index contributed by atoms with van der Waals surface area (Å²) in [5.74, 6) is -0.0961. The van der Waals surface area contributed by atoms with E-state index >= 15 is 0 Å². The van der Waals surface area contributed by atoms with Crippen LogP contribution in [0, 0.1) is 0 Å². The van der Waals surface area contributed by atoms with Crippen LogP contribution in [0.4, 0.5) is 10.5 Å². The maximum absolute atomic E-state index is 12.6. The molecule has 0 fully saturated rings. The smallest absolute Gasteiger partial charge is 0.319 e. The number of para-hydroxylation sites is 1. The first-order chi connectivity index (χ1) is 12.1. The van der Waals surface area contributed by atoms with E-state index in [0.29, 0.717) is 24.3 Å². The Kier molecular flexibility index (Phi) is 6.51. The van der Waals surface area contributed by atoms with Crippen molar-refractivity contribution in [3.05, 3.63) is 59.9 Å². The van der Waals surface area contributed by atoms with Crippen molar-refractivity contribution >= 4 is 17.6 Å². The molecule has 2 N–H and O–H groups in total. The molecule has 6 heteroatoms. The summed E-state index contributed by atoms with van der Waals surface area (Å²) in [7, 11) is 0. The van der Waals surface area contributed by atoms with Crippen LogP contribution in [0.15, 0.2) is 48.8 Å². The maximum Gasteiger partial charge on any atom is 0.319 e. The van der Waals surface area contributed by atoms with E-state index in [1.165, 1.54) is 0 Å². The van der Waals surface area contributed by atoms with Gasteiger partial charge in [-0.2, -0.15) is 0 Å². The molecule has 6 nitrogen and oxygen atoms in total. The Labute approximate surface area is 148 Å². The molecule has 0 aliphatic carbocycles. The molecule has 132 valence electrons. The summed E-state index contributed by atoms with van der Waals surface area (Å²) in [5.41, 5.74) is 1.89. The van der Waals surface area contributed by atoms with Crippen molar-refractivity contribution < 1.29 is 9.59 Å². The summed E-state index contributed by atoms with van der Waals surface area (Å²) in [5, 5.41) is 5.63. The molecule has 0 aliphatic heterocycles. The van der Waals surface area contributed by atoms with E-state index in [0.717, 1.165) is 5.56 Å². The first-order valence-corrected chi connectivity index (χ1v) is 8.42. The maximum atomic E-state index is 12.6. The predicted molar refractivity (Wildman–Crippen MR) is 98.5 cm³/mol. The summed E-state index contributed by atoms with van der Waals surface area (Å²) in [6, 6.07) is 10.2. The SMILES string of the molecule is CCN(CC)C(=O)c1ccccc1NC(=O)N[C@H](C)c1cccnc1. The summed E-state index contributed by atoms with van der Waals surface area (Å²) in [6.07, 6.45) is 3.40. The highest BCUT2D eigenvalue weighted by Gasteiger charge is 2.18. The van der Waals surface area contributed by atoms with Gasteiger partial charge in [0.25, 0.3) is 5.91 Å². The Morgan fingerprint density at radius 3 is 2.48 bits per heavy atom. The van der Waals surface area contributed by atoms with E-state index in [2.05, 4.69) is 15.6 Å². The molecule has 1 aromatic carbocycles. The molecule has 0 bridgehead atoms. The van der Waals surface area contributed by atoms with Gasteiger partial charge in [0, 0.05) is 25.5 Å². The third-order valence-electron chi connectivity index (χ3n) is 3.99. The van der Waals surface area contributed by atoms with Gasteiger partial charge in [0.2, 0.25) is 0 Å². The second-order valence-electron chi connectivity index (χ2n) is 5.63. The Morgan fingerprint density at radius 1 is 1.12 bits per heavy atom. The molecule has 3 amide bonds. The lowest BCUT2D eigenvalue weighted by atomic mass is 10.1. The van der Waals surface area contributed by atoms with Crippen LogP contribution in [-0.4, -0.2) is 34.9 Å². The molecule has 1 atom stereocenters. The number of nitrogens with one attached hydrogen (secondary N) is 2. The number of amides is 3. The van der Waals surface area contributed by atoms with Crippen LogP contribution in [0.2, 0.25) is 0 Å². The fourth-order valence-electron chi connectivity index (χ4n) is 2.53. The third kappa shape index (κ3) is 4.79. The summed E-state index contributed by atoms with van der Waals surface area (Å²) >= 11 is 0. The molecule has 0 saturated heterocycles. The van der Waals surface area contributed by atoms with Crippen molar-refractivity contribution in [1.82, 2.24) is 15.2 Å². The van der Waals surface area contributed by atoms with E-state index in [1.807, 2.05) is 32.9 Å². The summed E-state index contributed by atoms with van der Waals surface area (Å²) in [6.45, 7) is 6.98. The average Bonchev–Trinajstić information content (AvgIpc) is 2.63. The minimum absolute atomic E-state index is 0.0961. The number of carbonyl (C=O) groups is 2. The second-order valence-corrected chi connectivity index (χ2v) is 5.63. The molecule has 2 rings (SSSR count). The normalized spacial score (nSPS) is 11.5. The zero-order valence-electron chi connectivity index (χ0n) is 14.8. The molecular weight excluding hydrogens is 316 g/mol. The number of anilines is 1. The first kappa shape index (κ1) is 18.4. The summed E-state index contributed by atoms with van der Waals surface area (Å²) < 4.78 is 0. The number of rotatable bonds is 6. The molecule has 0 unspecified atom stereocenters. The zero-order valence-corrected chi connectivity index (χ0v) is 14.8. The second kappa shape index (κ2) is 8.82. The lowest BCUT2D eigenvalue weighted by Gasteiger charge is -2.21. The van der Waals surface area contributed by atoms with Gasteiger partial charge in [-0.3, -0.25) is 9.78 Å². The first-order valence-electron chi connectivity index (χ1n) is 8.42. The summed E-state index contributed by atoms with van der Waals surface area (Å²) in [4.78, 5) is 30.7.